The second kappa shape index (κ2) is 8.49. The van der Waals surface area contributed by atoms with Gasteiger partial charge in [-0.05, 0) is 54.8 Å². The number of rotatable bonds is 5. The number of benzene rings is 2. The van der Waals surface area contributed by atoms with Crippen LogP contribution in [0.25, 0.3) is 5.69 Å². The number of anilines is 1. The normalized spacial score (nSPS) is 14.1. The average Bonchev–Trinajstić information content (AvgIpc) is 3.23. The van der Waals surface area contributed by atoms with Gasteiger partial charge in [-0.2, -0.15) is 5.10 Å². The molecule has 2 heterocycles. The lowest BCUT2D eigenvalue weighted by Crippen LogP contribution is -2.35. The first-order valence-corrected chi connectivity index (χ1v) is 9.96. The van der Waals surface area contributed by atoms with Crippen molar-refractivity contribution < 1.29 is 9.59 Å². The van der Waals surface area contributed by atoms with Crippen LogP contribution in [0, 0.1) is 0 Å². The molecule has 148 valence electrons. The quantitative estimate of drug-likeness (QED) is 0.694. The molecule has 1 fully saturated rings. The van der Waals surface area contributed by atoms with Crippen LogP contribution in [-0.4, -0.2) is 28.1 Å². The summed E-state index contributed by atoms with van der Waals surface area (Å²) in [6.07, 6.45) is 5.78. The van der Waals surface area contributed by atoms with Crippen LogP contribution in [0.3, 0.4) is 0 Å². The van der Waals surface area contributed by atoms with Crippen molar-refractivity contribution >= 4 is 29.1 Å². The van der Waals surface area contributed by atoms with Crippen molar-refractivity contribution in [1.29, 1.82) is 0 Å². The molecule has 4 rings (SSSR count). The minimum absolute atomic E-state index is 0.159. The van der Waals surface area contributed by atoms with Crippen molar-refractivity contribution in [2.75, 3.05) is 11.4 Å². The summed E-state index contributed by atoms with van der Waals surface area (Å²) in [6.45, 7) is 1.12. The van der Waals surface area contributed by atoms with Crippen molar-refractivity contribution in [3.05, 3.63) is 77.1 Å². The lowest BCUT2D eigenvalue weighted by Gasteiger charge is -2.27. The molecule has 3 aromatic rings. The third kappa shape index (κ3) is 4.49. The van der Waals surface area contributed by atoms with E-state index in [0.29, 0.717) is 23.6 Å². The predicted octanol–water partition coefficient (Wildman–Crippen LogP) is 3.97. The molecular formula is C22H21ClN4O2. The standard InChI is InChI=1S/C22H21ClN4O2/c23-18-7-9-19(10-8-18)27-15-17(14-25-27)22(29)24-13-16-4-3-5-20(12-16)26-11-2-1-6-21(26)28/h3-5,7-10,12,14-15H,1-2,6,11,13H2,(H,24,29). The Balaban J connectivity index is 1.40. The first-order valence-electron chi connectivity index (χ1n) is 9.58. The fraction of sp³-hybridized carbons (Fsp3) is 0.227. The van der Waals surface area contributed by atoms with Crippen molar-refractivity contribution in [2.24, 2.45) is 0 Å². The summed E-state index contributed by atoms with van der Waals surface area (Å²) in [7, 11) is 0. The number of nitrogens with one attached hydrogen (secondary N) is 1. The second-order valence-corrected chi connectivity index (χ2v) is 7.44. The highest BCUT2D eigenvalue weighted by atomic mass is 35.5. The molecule has 2 aromatic carbocycles. The number of aromatic nitrogens is 2. The number of halogens is 1. The number of piperidine rings is 1. The minimum atomic E-state index is -0.204. The van der Waals surface area contributed by atoms with Gasteiger partial charge >= 0.3 is 0 Å². The minimum Gasteiger partial charge on any atom is -0.348 e. The molecule has 1 N–H and O–H groups in total. The molecule has 1 saturated heterocycles. The zero-order valence-electron chi connectivity index (χ0n) is 15.8. The Labute approximate surface area is 174 Å². The fourth-order valence-corrected chi connectivity index (χ4v) is 3.50. The zero-order chi connectivity index (χ0) is 20.2. The summed E-state index contributed by atoms with van der Waals surface area (Å²) in [5.41, 5.74) is 3.13. The number of carbonyl (C=O) groups excluding carboxylic acids is 2. The van der Waals surface area contributed by atoms with E-state index in [1.165, 1.54) is 6.20 Å². The van der Waals surface area contributed by atoms with Gasteiger partial charge < -0.3 is 10.2 Å². The SMILES string of the molecule is O=C(NCc1cccc(N2CCCCC2=O)c1)c1cnn(-c2ccc(Cl)cc2)c1. The van der Waals surface area contributed by atoms with E-state index in [4.69, 9.17) is 11.6 Å². The molecule has 6 nitrogen and oxygen atoms in total. The van der Waals surface area contributed by atoms with Crippen molar-refractivity contribution in [2.45, 2.75) is 25.8 Å². The monoisotopic (exact) mass is 408 g/mol. The summed E-state index contributed by atoms with van der Waals surface area (Å²) < 4.78 is 1.63. The maximum atomic E-state index is 12.5. The van der Waals surface area contributed by atoms with E-state index < -0.39 is 0 Å². The lowest BCUT2D eigenvalue weighted by atomic mass is 10.1. The molecule has 0 radical (unpaired) electrons. The van der Waals surface area contributed by atoms with Crippen LogP contribution in [0.1, 0.15) is 35.2 Å². The van der Waals surface area contributed by atoms with Crippen molar-refractivity contribution in [3.63, 3.8) is 0 Å². The predicted molar refractivity (Wildman–Crippen MR) is 112 cm³/mol. The molecule has 1 aliphatic heterocycles. The molecule has 0 aliphatic carbocycles. The Hall–Kier alpha value is -3.12. The highest BCUT2D eigenvalue weighted by Gasteiger charge is 2.19. The van der Waals surface area contributed by atoms with Gasteiger partial charge in [0.2, 0.25) is 5.91 Å². The largest absolute Gasteiger partial charge is 0.348 e. The Morgan fingerprint density at radius 1 is 1.10 bits per heavy atom. The van der Waals surface area contributed by atoms with Crippen molar-refractivity contribution in [3.8, 4) is 5.69 Å². The first-order chi connectivity index (χ1) is 14.1. The van der Waals surface area contributed by atoms with Crippen LogP contribution < -0.4 is 10.2 Å². The molecule has 29 heavy (non-hydrogen) atoms. The molecule has 7 heteroatoms. The number of carbonyl (C=O) groups is 2. The van der Waals surface area contributed by atoms with Gasteiger partial charge in [-0.1, -0.05) is 23.7 Å². The van der Waals surface area contributed by atoms with E-state index in [9.17, 15) is 9.59 Å². The Morgan fingerprint density at radius 3 is 2.72 bits per heavy atom. The number of amides is 2. The molecular weight excluding hydrogens is 388 g/mol. The molecule has 2 amide bonds. The summed E-state index contributed by atoms with van der Waals surface area (Å²) in [5.74, 6) is -0.0447. The summed E-state index contributed by atoms with van der Waals surface area (Å²) in [6, 6.07) is 15.0. The van der Waals surface area contributed by atoms with Gasteiger partial charge in [0.05, 0.1) is 17.4 Å². The maximum Gasteiger partial charge on any atom is 0.254 e. The van der Waals surface area contributed by atoms with Gasteiger partial charge in [-0.15, -0.1) is 0 Å². The number of hydrogen-bond donors (Lipinski definition) is 1. The molecule has 1 aromatic heterocycles. The van der Waals surface area contributed by atoms with E-state index in [1.807, 2.05) is 41.3 Å². The average molecular weight is 409 g/mol. The molecule has 0 saturated carbocycles. The van der Waals surface area contributed by atoms with Crippen LogP contribution in [0.4, 0.5) is 5.69 Å². The molecule has 0 spiro atoms. The van der Waals surface area contributed by atoms with Crippen LogP contribution in [0.15, 0.2) is 60.9 Å². The van der Waals surface area contributed by atoms with E-state index >= 15 is 0 Å². The molecule has 0 bridgehead atoms. The van der Waals surface area contributed by atoms with Gasteiger partial charge in [0, 0.05) is 36.4 Å². The van der Waals surface area contributed by atoms with E-state index in [0.717, 1.165) is 36.3 Å². The van der Waals surface area contributed by atoms with Crippen LogP contribution >= 0.6 is 11.6 Å². The molecule has 1 aliphatic rings. The second-order valence-electron chi connectivity index (χ2n) is 7.01. The zero-order valence-corrected chi connectivity index (χ0v) is 16.6. The summed E-state index contributed by atoms with van der Waals surface area (Å²) in [5, 5.41) is 7.80. The maximum absolute atomic E-state index is 12.5. The summed E-state index contributed by atoms with van der Waals surface area (Å²) >= 11 is 5.91. The van der Waals surface area contributed by atoms with E-state index in [-0.39, 0.29) is 11.8 Å². The third-order valence-corrected chi connectivity index (χ3v) is 5.19. The van der Waals surface area contributed by atoms with Gasteiger partial charge in [0.1, 0.15) is 0 Å². The van der Waals surface area contributed by atoms with Gasteiger partial charge in [0.25, 0.3) is 5.91 Å². The first kappa shape index (κ1) is 19.2. The van der Waals surface area contributed by atoms with Gasteiger partial charge in [-0.25, -0.2) is 4.68 Å². The van der Waals surface area contributed by atoms with Crippen LogP contribution in [-0.2, 0) is 11.3 Å². The van der Waals surface area contributed by atoms with Crippen molar-refractivity contribution in [1.82, 2.24) is 15.1 Å². The summed E-state index contributed by atoms with van der Waals surface area (Å²) in [4.78, 5) is 26.5. The highest BCUT2D eigenvalue weighted by molar-refractivity contribution is 6.30. The smallest absolute Gasteiger partial charge is 0.254 e. The highest BCUT2D eigenvalue weighted by Crippen LogP contribution is 2.22. The van der Waals surface area contributed by atoms with Crippen LogP contribution in [0.2, 0.25) is 5.02 Å². The van der Waals surface area contributed by atoms with E-state index in [2.05, 4.69) is 10.4 Å². The van der Waals surface area contributed by atoms with E-state index in [1.54, 1.807) is 23.0 Å². The lowest BCUT2D eigenvalue weighted by molar-refractivity contribution is -0.119. The Kier molecular flexibility index (Phi) is 5.62. The molecule has 0 unspecified atom stereocenters. The molecule has 0 atom stereocenters. The number of hydrogen-bond acceptors (Lipinski definition) is 3. The van der Waals surface area contributed by atoms with Gasteiger partial charge in [-0.3, -0.25) is 9.59 Å². The topological polar surface area (TPSA) is 67.2 Å². The van der Waals surface area contributed by atoms with Gasteiger partial charge in [0.15, 0.2) is 0 Å². The number of nitrogens with zero attached hydrogens (tertiary/aromatic N) is 3. The fourth-order valence-electron chi connectivity index (χ4n) is 3.37. The van der Waals surface area contributed by atoms with Crippen LogP contribution in [0.5, 0.6) is 0 Å². The Morgan fingerprint density at radius 2 is 1.93 bits per heavy atom. The Bertz CT molecular complexity index is 1030. The third-order valence-electron chi connectivity index (χ3n) is 4.93.